The van der Waals surface area contributed by atoms with Gasteiger partial charge in [0.2, 0.25) is 5.91 Å². The van der Waals surface area contributed by atoms with Crippen LogP contribution in [0, 0.1) is 5.82 Å². The van der Waals surface area contributed by atoms with Gasteiger partial charge in [0.05, 0.1) is 11.4 Å². The van der Waals surface area contributed by atoms with Crippen LogP contribution in [0.15, 0.2) is 72.8 Å². The van der Waals surface area contributed by atoms with Gasteiger partial charge in [0, 0.05) is 42.3 Å². The van der Waals surface area contributed by atoms with Crippen LogP contribution in [0.1, 0.15) is 49.5 Å². The summed E-state index contributed by atoms with van der Waals surface area (Å²) in [4.78, 5) is 44.3. The molecule has 1 atom stereocenters. The van der Waals surface area contributed by atoms with Gasteiger partial charge in [-0.25, -0.2) is 9.37 Å². The molecule has 9 heteroatoms. The molecule has 1 aliphatic heterocycles. The fourth-order valence-electron chi connectivity index (χ4n) is 5.35. The van der Waals surface area contributed by atoms with Crippen LogP contribution in [0.2, 0.25) is 0 Å². The molecule has 1 unspecified atom stereocenters. The SMILES string of the molecule is Cn1c(-c2ccc3c(c2)CN(C(CCC(=O)OC(C)(C)C)C(N)=O)C3=O)nc(-c2ccccc2)c1-c1ccccc1F. The minimum atomic E-state index is -0.966. The van der Waals surface area contributed by atoms with Crippen LogP contribution < -0.4 is 5.73 Å². The second kappa shape index (κ2) is 11.2. The number of carbonyl (C=O) groups is 3. The third-order valence-corrected chi connectivity index (χ3v) is 7.21. The number of carbonyl (C=O) groups excluding carboxylic acids is 3. The van der Waals surface area contributed by atoms with Gasteiger partial charge in [-0.2, -0.15) is 0 Å². The Bertz CT molecular complexity index is 1670. The maximum atomic E-state index is 15.0. The number of hydrogen-bond acceptors (Lipinski definition) is 5. The molecule has 2 N–H and O–H groups in total. The Kier molecular flexibility index (Phi) is 7.69. The van der Waals surface area contributed by atoms with Gasteiger partial charge >= 0.3 is 5.97 Å². The lowest BCUT2D eigenvalue weighted by molar-refractivity contribution is -0.155. The number of imidazole rings is 1. The molecule has 0 saturated carbocycles. The highest BCUT2D eigenvalue weighted by atomic mass is 19.1. The van der Waals surface area contributed by atoms with E-state index >= 15 is 4.39 Å². The predicted molar refractivity (Wildman–Crippen MR) is 157 cm³/mol. The van der Waals surface area contributed by atoms with Crippen molar-refractivity contribution in [2.24, 2.45) is 12.8 Å². The van der Waals surface area contributed by atoms with Crippen LogP contribution in [-0.2, 0) is 27.9 Å². The molecule has 1 aromatic heterocycles. The second-order valence-corrected chi connectivity index (χ2v) is 11.4. The quantitative estimate of drug-likeness (QED) is 0.283. The molecule has 0 fully saturated rings. The molecule has 0 bridgehead atoms. The molecule has 0 radical (unpaired) electrons. The number of primary amides is 1. The first-order valence-corrected chi connectivity index (χ1v) is 13.8. The summed E-state index contributed by atoms with van der Waals surface area (Å²) in [5, 5.41) is 0. The number of hydrogen-bond donors (Lipinski definition) is 1. The normalized spacial score (nSPS) is 13.6. The standard InChI is InChI=1S/C33H33FN4O4/c1-33(2,3)42-27(39)17-16-26(30(35)40)38-19-22-18-21(14-15-23(22)32(38)41)31-36-28(20-10-6-5-7-11-20)29(37(31)4)24-12-8-9-13-25(24)34/h5-15,18,26H,16-17,19H2,1-4H3,(H2,35,40). The summed E-state index contributed by atoms with van der Waals surface area (Å²) < 4.78 is 22.2. The smallest absolute Gasteiger partial charge is 0.306 e. The molecule has 8 nitrogen and oxygen atoms in total. The van der Waals surface area contributed by atoms with Crippen molar-refractivity contribution >= 4 is 17.8 Å². The fraction of sp³-hybridized carbons (Fsp3) is 0.273. The summed E-state index contributed by atoms with van der Waals surface area (Å²) in [5.41, 5.74) is 9.44. The number of rotatable bonds is 8. The van der Waals surface area contributed by atoms with E-state index in [-0.39, 0.29) is 31.1 Å². The third-order valence-electron chi connectivity index (χ3n) is 7.21. The van der Waals surface area contributed by atoms with Crippen molar-refractivity contribution in [1.29, 1.82) is 0 Å². The fourth-order valence-corrected chi connectivity index (χ4v) is 5.35. The Labute approximate surface area is 243 Å². The molecule has 0 spiro atoms. The van der Waals surface area contributed by atoms with E-state index in [1.54, 1.807) is 51.1 Å². The van der Waals surface area contributed by atoms with Crippen LogP contribution in [0.3, 0.4) is 0 Å². The lowest BCUT2D eigenvalue weighted by Gasteiger charge is -2.25. The van der Waals surface area contributed by atoms with Crippen LogP contribution in [-0.4, -0.2) is 43.9 Å². The van der Waals surface area contributed by atoms with Gasteiger partial charge in [0.25, 0.3) is 5.91 Å². The van der Waals surface area contributed by atoms with Crippen molar-refractivity contribution in [3.8, 4) is 33.9 Å². The molecule has 5 rings (SSSR count). The van der Waals surface area contributed by atoms with Crippen molar-refractivity contribution in [2.75, 3.05) is 0 Å². The Morgan fingerprint density at radius 3 is 2.36 bits per heavy atom. The predicted octanol–water partition coefficient (Wildman–Crippen LogP) is 5.49. The molecule has 216 valence electrons. The Hall–Kier alpha value is -4.79. The molecule has 1 aliphatic rings. The van der Waals surface area contributed by atoms with Crippen LogP contribution in [0.4, 0.5) is 4.39 Å². The van der Waals surface area contributed by atoms with E-state index in [9.17, 15) is 14.4 Å². The van der Waals surface area contributed by atoms with E-state index in [2.05, 4.69) is 0 Å². The topological polar surface area (TPSA) is 108 Å². The first kappa shape index (κ1) is 28.7. The summed E-state index contributed by atoms with van der Waals surface area (Å²) in [7, 11) is 1.83. The number of aromatic nitrogens is 2. The van der Waals surface area contributed by atoms with Gasteiger partial charge in [-0.15, -0.1) is 0 Å². The van der Waals surface area contributed by atoms with E-state index in [1.807, 2.05) is 48.0 Å². The van der Waals surface area contributed by atoms with E-state index in [4.69, 9.17) is 15.5 Å². The molecule has 42 heavy (non-hydrogen) atoms. The van der Waals surface area contributed by atoms with Crippen molar-refractivity contribution in [3.05, 3.63) is 89.7 Å². The minimum absolute atomic E-state index is 0.0510. The molecule has 2 heterocycles. The first-order chi connectivity index (χ1) is 19.9. The zero-order valence-corrected chi connectivity index (χ0v) is 24.1. The lowest BCUT2D eigenvalue weighted by atomic mass is 10.0. The van der Waals surface area contributed by atoms with Gasteiger partial charge in [0.1, 0.15) is 23.3 Å². The van der Waals surface area contributed by atoms with E-state index < -0.39 is 23.5 Å². The Balaban J connectivity index is 1.48. The highest BCUT2D eigenvalue weighted by Crippen LogP contribution is 2.38. The summed E-state index contributed by atoms with van der Waals surface area (Å²) in [6, 6.07) is 20.6. The maximum Gasteiger partial charge on any atom is 0.306 e. The van der Waals surface area contributed by atoms with Crippen molar-refractivity contribution in [1.82, 2.24) is 14.5 Å². The summed E-state index contributed by atoms with van der Waals surface area (Å²) in [6.07, 6.45) is 0.00718. The van der Waals surface area contributed by atoms with Crippen LogP contribution in [0.5, 0.6) is 0 Å². The zero-order chi connectivity index (χ0) is 30.2. The van der Waals surface area contributed by atoms with Crippen molar-refractivity contribution < 1.29 is 23.5 Å². The molecule has 3 aromatic carbocycles. The lowest BCUT2D eigenvalue weighted by Crippen LogP contribution is -2.45. The van der Waals surface area contributed by atoms with E-state index in [0.29, 0.717) is 33.9 Å². The number of ether oxygens (including phenoxy) is 1. The third kappa shape index (κ3) is 5.68. The summed E-state index contributed by atoms with van der Waals surface area (Å²) >= 11 is 0. The second-order valence-electron chi connectivity index (χ2n) is 11.4. The van der Waals surface area contributed by atoms with E-state index in [0.717, 1.165) is 11.1 Å². The molecule has 4 aromatic rings. The first-order valence-electron chi connectivity index (χ1n) is 13.8. The van der Waals surface area contributed by atoms with Crippen molar-refractivity contribution in [3.63, 3.8) is 0 Å². The largest absolute Gasteiger partial charge is 0.460 e. The number of nitrogens with two attached hydrogens (primary N) is 1. The van der Waals surface area contributed by atoms with Gasteiger partial charge in [-0.1, -0.05) is 48.5 Å². The highest BCUT2D eigenvalue weighted by Gasteiger charge is 2.36. The van der Waals surface area contributed by atoms with Crippen molar-refractivity contribution in [2.45, 2.75) is 51.8 Å². The number of halogens is 1. The summed E-state index contributed by atoms with van der Waals surface area (Å²) in [6.45, 7) is 5.44. The minimum Gasteiger partial charge on any atom is -0.460 e. The molecule has 0 aliphatic carbocycles. The highest BCUT2D eigenvalue weighted by molar-refractivity contribution is 6.01. The Morgan fingerprint density at radius 2 is 1.69 bits per heavy atom. The number of amides is 2. The molecule has 2 amide bonds. The van der Waals surface area contributed by atoms with Crippen LogP contribution >= 0.6 is 0 Å². The monoisotopic (exact) mass is 568 g/mol. The molecular weight excluding hydrogens is 535 g/mol. The van der Waals surface area contributed by atoms with Gasteiger partial charge < -0.3 is 19.9 Å². The van der Waals surface area contributed by atoms with E-state index in [1.165, 1.54) is 11.0 Å². The maximum absolute atomic E-state index is 15.0. The van der Waals surface area contributed by atoms with Gasteiger partial charge in [0.15, 0.2) is 0 Å². The number of esters is 1. The number of benzene rings is 3. The van der Waals surface area contributed by atoms with Gasteiger partial charge in [-0.05, 0) is 57.0 Å². The molecular formula is C33H33FN4O4. The zero-order valence-electron chi connectivity index (χ0n) is 24.1. The van der Waals surface area contributed by atoms with Gasteiger partial charge in [-0.3, -0.25) is 14.4 Å². The number of nitrogens with zero attached hydrogens (tertiary/aromatic N) is 3. The summed E-state index contributed by atoms with van der Waals surface area (Å²) in [5.74, 6) is -1.25. The average molecular weight is 569 g/mol. The average Bonchev–Trinajstić information content (AvgIpc) is 3.44. The number of fused-ring (bicyclic) bond motifs is 1. The molecule has 0 saturated heterocycles. The Morgan fingerprint density at radius 1 is 1.00 bits per heavy atom. The van der Waals surface area contributed by atoms with Crippen LogP contribution in [0.25, 0.3) is 33.9 Å².